The fraction of sp³-hybridized carbons (Fsp3) is 1.00. The first kappa shape index (κ1) is 13.7. The first-order valence-corrected chi connectivity index (χ1v) is 8.40. The van der Waals surface area contributed by atoms with E-state index >= 15 is 0 Å². The molecular weight excluding hydrogens is 228 g/mol. The number of nitrogens with zero attached hydrogens (tertiary/aromatic N) is 1. The number of hydrogen-bond acceptors (Lipinski definition) is 3. The normalized spacial score (nSPS) is 39.7. The molecule has 0 aromatic heterocycles. The van der Waals surface area contributed by atoms with Crippen molar-refractivity contribution in [3.8, 4) is 0 Å². The lowest BCUT2D eigenvalue weighted by Crippen LogP contribution is -2.58. The Labute approximate surface area is 111 Å². The average molecular weight is 256 g/mol. The van der Waals surface area contributed by atoms with Crippen molar-refractivity contribution >= 4 is 11.8 Å². The Morgan fingerprint density at radius 2 is 2.12 bits per heavy atom. The molecule has 2 rings (SSSR count). The van der Waals surface area contributed by atoms with E-state index in [0.717, 1.165) is 17.3 Å². The summed E-state index contributed by atoms with van der Waals surface area (Å²) in [6, 6.07) is 2.32. The van der Waals surface area contributed by atoms with Gasteiger partial charge in [0.2, 0.25) is 0 Å². The van der Waals surface area contributed by atoms with Crippen LogP contribution >= 0.6 is 11.8 Å². The molecular formula is C14H28N2S. The van der Waals surface area contributed by atoms with Gasteiger partial charge < -0.3 is 5.32 Å². The highest BCUT2D eigenvalue weighted by molar-refractivity contribution is 7.99. The quantitative estimate of drug-likeness (QED) is 0.832. The maximum absolute atomic E-state index is 3.63. The summed E-state index contributed by atoms with van der Waals surface area (Å²) >= 11 is 2.17. The molecule has 1 aliphatic carbocycles. The van der Waals surface area contributed by atoms with Gasteiger partial charge in [0.1, 0.15) is 0 Å². The Morgan fingerprint density at radius 3 is 2.82 bits per heavy atom. The van der Waals surface area contributed by atoms with E-state index in [0.29, 0.717) is 6.04 Å². The predicted octanol–water partition coefficient (Wildman–Crippen LogP) is 2.73. The summed E-state index contributed by atoms with van der Waals surface area (Å²) in [7, 11) is 0. The summed E-state index contributed by atoms with van der Waals surface area (Å²) < 4.78 is 0. The van der Waals surface area contributed by atoms with Gasteiger partial charge in [0.15, 0.2) is 0 Å². The third kappa shape index (κ3) is 3.39. The van der Waals surface area contributed by atoms with E-state index in [1.54, 1.807) is 0 Å². The van der Waals surface area contributed by atoms with Gasteiger partial charge in [-0.3, -0.25) is 4.90 Å². The molecule has 1 saturated heterocycles. The monoisotopic (exact) mass is 256 g/mol. The van der Waals surface area contributed by atoms with E-state index in [4.69, 9.17) is 0 Å². The first-order chi connectivity index (χ1) is 8.24. The Bertz CT molecular complexity index is 234. The molecule has 1 saturated carbocycles. The fourth-order valence-electron chi connectivity index (χ4n) is 3.42. The van der Waals surface area contributed by atoms with Gasteiger partial charge in [0, 0.05) is 36.5 Å². The predicted molar refractivity (Wildman–Crippen MR) is 77.8 cm³/mol. The lowest BCUT2D eigenvalue weighted by atomic mass is 10.0. The van der Waals surface area contributed by atoms with Crippen molar-refractivity contribution in [3.05, 3.63) is 0 Å². The average Bonchev–Trinajstić information content (AvgIpc) is 2.78. The molecule has 17 heavy (non-hydrogen) atoms. The van der Waals surface area contributed by atoms with Crippen molar-refractivity contribution < 1.29 is 0 Å². The second kappa shape index (κ2) is 6.44. The van der Waals surface area contributed by atoms with E-state index in [1.165, 1.54) is 44.5 Å². The number of hydrogen-bond donors (Lipinski definition) is 1. The van der Waals surface area contributed by atoms with Crippen LogP contribution in [0.1, 0.15) is 46.5 Å². The Kier molecular flexibility index (Phi) is 5.19. The Morgan fingerprint density at radius 1 is 1.29 bits per heavy atom. The number of thioether (sulfide) groups is 1. The molecule has 2 nitrogen and oxygen atoms in total. The highest BCUT2D eigenvalue weighted by atomic mass is 32.2. The van der Waals surface area contributed by atoms with Crippen LogP contribution in [0.5, 0.6) is 0 Å². The third-order valence-corrected chi connectivity index (χ3v) is 5.59. The number of nitrogens with one attached hydrogen (secondary N) is 1. The molecule has 1 aliphatic heterocycles. The summed E-state index contributed by atoms with van der Waals surface area (Å²) in [5.74, 6) is 1.28. The Hall–Kier alpha value is 0.270. The van der Waals surface area contributed by atoms with Crippen LogP contribution in [0.3, 0.4) is 0 Å². The molecule has 0 bridgehead atoms. The van der Waals surface area contributed by atoms with E-state index < -0.39 is 0 Å². The zero-order valence-electron chi connectivity index (χ0n) is 11.6. The van der Waals surface area contributed by atoms with E-state index in [-0.39, 0.29) is 0 Å². The topological polar surface area (TPSA) is 15.3 Å². The van der Waals surface area contributed by atoms with Crippen LogP contribution in [0.15, 0.2) is 0 Å². The van der Waals surface area contributed by atoms with Gasteiger partial charge in [0.25, 0.3) is 0 Å². The van der Waals surface area contributed by atoms with Crippen molar-refractivity contribution in [2.45, 2.75) is 69.8 Å². The van der Waals surface area contributed by atoms with E-state index in [2.05, 4.69) is 42.7 Å². The lowest BCUT2D eigenvalue weighted by molar-refractivity contribution is 0.0854. The first-order valence-electron chi connectivity index (χ1n) is 7.35. The molecule has 3 heteroatoms. The maximum Gasteiger partial charge on any atom is 0.0221 e. The van der Waals surface area contributed by atoms with Gasteiger partial charge in [-0.25, -0.2) is 0 Å². The molecule has 4 unspecified atom stereocenters. The smallest absolute Gasteiger partial charge is 0.0221 e. The van der Waals surface area contributed by atoms with Gasteiger partial charge in [-0.2, -0.15) is 11.8 Å². The van der Waals surface area contributed by atoms with Crippen LogP contribution in [-0.2, 0) is 0 Å². The molecule has 4 atom stereocenters. The molecule has 0 aromatic carbocycles. The Balaban J connectivity index is 1.91. The van der Waals surface area contributed by atoms with Crippen molar-refractivity contribution in [3.63, 3.8) is 0 Å². The molecule has 0 spiro atoms. The summed E-state index contributed by atoms with van der Waals surface area (Å²) in [5, 5.41) is 4.56. The molecule has 0 amide bonds. The van der Waals surface area contributed by atoms with Crippen LogP contribution in [0.2, 0.25) is 0 Å². The zero-order chi connectivity index (χ0) is 12.3. The lowest BCUT2D eigenvalue weighted by Gasteiger charge is -2.42. The molecule has 0 radical (unpaired) electrons. The van der Waals surface area contributed by atoms with Gasteiger partial charge in [-0.15, -0.1) is 0 Å². The minimum absolute atomic E-state index is 0.677. The van der Waals surface area contributed by atoms with Crippen LogP contribution in [0.25, 0.3) is 0 Å². The molecule has 2 fully saturated rings. The fourth-order valence-corrected chi connectivity index (χ4v) is 4.55. The van der Waals surface area contributed by atoms with Crippen LogP contribution in [0.4, 0.5) is 0 Å². The maximum atomic E-state index is 3.63. The van der Waals surface area contributed by atoms with E-state index in [1.807, 2.05) is 0 Å². The zero-order valence-corrected chi connectivity index (χ0v) is 12.4. The van der Waals surface area contributed by atoms with Gasteiger partial charge in [-0.05, 0) is 38.4 Å². The standard InChI is InChI=1S/C14H28N2S/c1-4-12-9-15-11(3)10-16(12)13-6-7-14(8-13)17-5-2/h11-15H,4-10H2,1-3H3. The number of piperazine rings is 1. The summed E-state index contributed by atoms with van der Waals surface area (Å²) in [4.78, 5) is 2.82. The van der Waals surface area contributed by atoms with Crippen molar-refractivity contribution in [1.29, 1.82) is 0 Å². The number of rotatable bonds is 4. The second-order valence-electron chi connectivity index (χ2n) is 5.61. The SMILES string of the molecule is CCSC1CCC(N2CC(C)NCC2CC)C1. The van der Waals surface area contributed by atoms with Crippen LogP contribution in [0, 0.1) is 0 Å². The highest BCUT2D eigenvalue weighted by Crippen LogP contribution is 2.34. The minimum atomic E-state index is 0.677. The second-order valence-corrected chi connectivity index (χ2v) is 7.19. The molecule has 1 N–H and O–H groups in total. The molecule has 0 aromatic rings. The summed E-state index contributed by atoms with van der Waals surface area (Å²) in [6.45, 7) is 9.40. The highest BCUT2D eigenvalue weighted by Gasteiger charge is 2.35. The molecule has 100 valence electrons. The molecule has 2 aliphatic rings. The molecule has 1 heterocycles. The van der Waals surface area contributed by atoms with Crippen molar-refractivity contribution in [2.75, 3.05) is 18.8 Å². The largest absolute Gasteiger partial charge is 0.311 e. The van der Waals surface area contributed by atoms with Gasteiger partial charge >= 0.3 is 0 Å². The van der Waals surface area contributed by atoms with E-state index in [9.17, 15) is 0 Å². The third-order valence-electron chi connectivity index (χ3n) is 4.36. The summed E-state index contributed by atoms with van der Waals surface area (Å²) in [6.07, 6.45) is 5.60. The van der Waals surface area contributed by atoms with Crippen molar-refractivity contribution in [2.24, 2.45) is 0 Å². The van der Waals surface area contributed by atoms with Crippen molar-refractivity contribution in [1.82, 2.24) is 10.2 Å². The minimum Gasteiger partial charge on any atom is -0.311 e. The van der Waals surface area contributed by atoms with Gasteiger partial charge in [-0.1, -0.05) is 13.8 Å². The van der Waals surface area contributed by atoms with Gasteiger partial charge in [0.05, 0.1) is 0 Å². The van der Waals surface area contributed by atoms with Crippen LogP contribution in [-0.4, -0.2) is 47.1 Å². The summed E-state index contributed by atoms with van der Waals surface area (Å²) in [5.41, 5.74) is 0. The van der Waals surface area contributed by atoms with Crippen LogP contribution < -0.4 is 5.32 Å².